The zero-order valence-electron chi connectivity index (χ0n) is 20.1. The molecule has 1 aliphatic carbocycles. The van der Waals surface area contributed by atoms with Crippen molar-refractivity contribution in [3.05, 3.63) is 63.7 Å². The third-order valence-corrected chi connectivity index (χ3v) is 6.89. The largest absolute Gasteiger partial charge is 0.484 e. The number of nitrogens with zero attached hydrogens (tertiary/aromatic N) is 1. The summed E-state index contributed by atoms with van der Waals surface area (Å²) in [7, 11) is 0. The zero-order chi connectivity index (χ0) is 24.0. The minimum atomic E-state index is -0.545. The van der Waals surface area contributed by atoms with Crippen molar-refractivity contribution >= 4 is 23.4 Å². The minimum absolute atomic E-state index is 0.0800. The van der Waals surface area contributed by atoms with Gasteiger partial charge in [-0.3, -0.25) is 9.59 Å². The van der Waals surface area contributed by atoms with Gasteiger partial charge in [0.25, 0.3) is 5.91 Å². The van der Waals surface area contributed by atoms with Gasteiger partial charge in [0.2, 0.25) is 5.91 Å². The van der Waals surface area contributed by atoms with Crippen molar-refractivity contribution in [3.8, 4) is 5.75 Å². The van der Waals surface area contributed by atoms with Crippen LogP contribution in [0.25, 0.3) is 0 Å². The molecule has 1 atom stereocenters. The van der Waals surface area contributed by atoms with Gasteiger partial charge in [-0.2, -0.15) is 0 Å². The van der Waals surface area contributed by atoms with Crippen LogP contribution < -0.4 is 10.1 Å². The number of halogens is 1. The highest BCUT2D eigenvalue weighted by Gasteiger charge is 2.31. The van der Waals surface area contributed by atoms with E-state index in [1.54, 1.807) is 4.90 Å². The van der Waals surface area contributed by atoms with E-state index in [1.165, 1.54) is 0 Å². The van der Waals surface area contributed by atoms with E-state index in [9.17, 15) is 9.59 Å². The second-order valence-electron chi connectivity index (χ2n) is 9.08. The predicted octanol–water partition coefficient (Wildman–Crippen LogP) is 5.51. The average molecular weight is 471 g/mol. The number of nitrogens with one attached hydrogen (secondary N) is 1. The third kappa shape index (κ3) is 6.73. The van der Waals surface area contributed by atoms with E-state index >= 15 is 0 Å². The Morgan fingerprint density at radius 1 is 1.12 bits per heavy atom. The van der Waals surface area contributed by atoms with Crippen LogP contribution in [-0.2, 0) is 16.1 Å². The Balaban J connectivity index is 1.78. The van der Waals surface area contributed by atoms with Gasteiger partial charge in [0.05, 0.1) is 0 Å². The van der Waals surface area contributed by atoms with Crippen molar-refractivity contribution in [3.63, 3.8) is 0 Å². The number of benzene rings is 2. The molecule has 0 heterocycles. The molecule has 0 saturated heterocycles. The van der Waals surface area contributed by atoms with Crippen molar-refractivity contribution in [1.29, 1.82) is 0 Å². The molecule has 0 radical (unpaired) electrons. The molecule has 0 spiro atoms. The van der Waals surface area contributed by atoms with Crippen LogP contribution in [0.2, 0.25) is 5.02 Å². The molecule has 2 aromatic carbocycles. The Morgan fingerprint density at radius 2 is 1.79 bits per heavy atom. The number of amides is 2. The number of carbonyl (C=O) groups is 2. The highest BCUT2D eigenvalue weighted by atomic mass is 35.5. The Bertz CT molecular complexity index is 962. The number of hydrogen-bond donors (Lipinski definition) is 1. The molecular weight excluding hydrogens is 436 g/mol. The van der Waals surface area contributed by atoms with Crippen LogP contribution in [0.5, 0.6) is 5.75 Å². The molecule has 0 bridgehead atoms. The Labute approximate surface area is 202 Å². The number of rotatable bonds is 9. The highest BCUT2D eigenvalue weighted by molar-refractivity contribution is 6.32. The van der Waals surface area contributed by atoms with Crippen molar-refractivity contribution in [1.82, 2.24) is 10.2 Å². The molecule has 1 N–H and O–H groups in total. The molecule has 5 nitrogen and oxygen atoms in total. The summed E-state index contributed by atoms with van der Waals surface area (Å²) in [5, 5.41) is 3.87. The quantitative estimate of drug-likeness (QED) is 0.525. The van der Waals surface area contributed by atoms with Crippen molar-refractivity contribution in [2.75, 3.05) is 6.61 Å². The summed E-state index contributed by atoms with van der Waals surface area (Å²) in [5.41, 5.74) is 3.91. The molecule has 2 amide bonds. The second-order valence-corrected chi connectivity index (χ2v) is 9.46. The lowest BCUT2D eigenvalue weighted by Crippen LogP contribution is -2.52. The van der Waals surface area contributed by atoms with Gasteiger partial charge < -0.3 is 15.0 Å². The van der Waals surface area contributed by atoms with Crippen LogP contribution in [0, 0.1) is 20.8 Å². The maximum absolute atomic E-state index is 13.4. The molecule has 0 aliphatic heterocycles. The summed E-state index contributed by atoms with van der Waals surface area (Å²) in [5.74, 6) is 0.306. The van der Waals surface area contributed by atoms with Gasteiger partial charge in [-0.15, -0.1) is 0 Å². The minimum Gasteiger partial charge on any atom is -0.484 e. The first kappa shape index (κ1) is 25.1. The summed E-state index contributed by atoms with van der Waals surface area (Å²) in [6.45, 7) is 8.01. The SMILES string of the molecule is CCC(C(=O)NC1CCCC1)N(Cc1cccc(C)c1)C(=O)COc1cc(C)c(Cl)c(C)c1. The smallest absolute Gasteiger partial charge is 0.261 e. The first-order valence-corrected chi connectivity index (χ1v) is 12.2. The Morgan fingerprint density at radius 3 is 2.39 bits per heavy atom. The Kier molecular flexibility index (Phi) is 8.79. The molecule has 1 fully saturated rings. The van der Waals surface area contributed by atoms with E-state index in [4.69, 9.17) is 16.3 Å². The van der Waals surface area contributed by atoms with E-state index < -0.39 is 6.04 Å². The third-order valence-electron chi connectivity index (χ3n) is 6.30. The number of ether oxygens (including phenoxy) is 1. The van der Waals surface area contributed by atoms with Crippen molar-refractivity contribution in [2.24, 2.45) is 0 Å². The molecule has 1 saturated carbocycles. The van der Waals surface area contributed by atoms with Gasteiger partial charge in [-0.05, 0) is 68.9 Å². The van der Waals surface area contributed by atoms with E-state index in [0.717, 1.165) is 47.9 Å². The van der Waals surface area contributed by atoms with E-state index in [2.05, 4.69) is 11.4 Å². The van der Waals surface area contributed by atoms with Crippen LogP contribution >= 0.6 is 11.6 Å². The van der Waals surface area contributed by atoms with E-state index in [0.29, 0.717) is 23.7 Å². The topological polar surface area (TPSA) is 58.6 Å². The number of carbonyl (C=O) groups excluding carboxylic acids is 2. The van der Waals surface area contributed by atoms with Crippen molar-refractivity contribution in [2.45, 2.75) is 78.4 Å². The van der Waals surface area contributed by atoms with E-state index in [1.807, 2.05) is 58.0 Å². The van der Waals surface area contributed by atoms with Gasteiger partial charge in [0.15, 0.2) is 6.61 Å². The lowest BCUT2D eigenvalue weighted by Gasteiger charge is -2.31. The van der Waals surface area contributed by atoms with Crippen LogP contribution in [0.3, 0.4) is 0 Å². The van der Waals surface area contributed by atoms with Crippen LogP contribution in [0.4, 0.5) is 0 Å². The fourth-order valence-corrected chi connectivity index (χ4v) is 4.62. The molecular formula is C27H35ClN2O3. The van der Waals surface area contributed by atoms with Crippen LogP contribution in [0.15, 0.2) is 36.4 Å². The first-order valence-electron chi connectivity index (χ1n) is 11.8. The summed E-state index contributed by atoms with van der Waals surface area (Å²) in [4.78, 5) is 28.2. The highest BCUT2D eigenvalue weighted by Crippen LogP contribution is 2.26. The predicted molar refractivity (Wildman–Crippen MR) is 133 cm³/mol. The normalized spacial score (nSPS) is 14.7. The molecule has 178 valence electrons. The van der Waals surface area contributed by atoms with E-state index in [-0.39, 0.29) is 24.5 Å². The molecule has 2 aromatic rings. The standard InChI is InChI=1S/C27H35ClN2O3/c1-5-24(27(32)29-22-11-6-7-12-22)30(16-21-10-8-9-18(2)13-21)25(31)17-33-23-14-19(3)26(28)20(4)15-23/h8-10,13-15,22,24H,5-7,11-12,16-17H2,1-4H3,(H,29,32). The van der Waals surface area contributed by atoms with Gasteiger partial charge in [0, 0.05) is 17.6 Å². The summed E-state index contributed by atoms with van der Waals surface area (Å²) in [6, 6.07) is 11.4. The number of hydrogen-bond acceptors (Lipinski definition) is 3. The fraction of sp³-hybridized carbons (Fsp3) is 0.481. The molecule has 1 unspecified atom stereocenters. The number of aryl methyl sites for hydroxylation is 3. The molecule has 6 heteroatoms. The molecule has 3 rings (SSSR count). The fourth-order valence-electron chi connectivity index (χ4n) is 4.51. The maximum atomic E-state index is 13.4. The van der Waals surface area contributed by atoms with Gasteiger partial charge >= 0.3 is 0 Å². The monoisotopic (exact) mass is 470 g/mol. The average Bonchev–Trinajstić information content (AvgIpc) is 3.28. The Hall–Kier alpha value is -2.53. The first-order chi connectivity index (χ1) is 15.8. The zero-order valence-corrected chi connectivity index (χ0v) is 20.9. The van der Waals surface area contributed by atoms with Gasteiger partial charge in [-0.1, -0.05) is 61.2 Å². The van der Waals surface area contributed by atoms with Gasteiger partial charge in [-0.25, -0.2) is 0 Å². The van der Waals surface area contributed by atoms with Gasteiger partial charge in [0.1, 0.15) is 11.8 Å². The summed E-state index contributed by atoms with van der Waals surface area (Å²) in [6.07, 6.45) is 4.83. The second kappa shape index (κ2) is 11.6. The molecule has 33 heavy (non-hydrogen) atoms. The van der Waals surface area contributed by atoms with Crippen LogP contribution in [0.1, 0.15) is 61.3 Å². The summed E-state index contributed by atoms with van der Waals surface area (Å²) >= 11 is 6.26. The molecule has 0 aromatic heterocycles. The maximum Gasteiger partial charge on any atom is 0.261 e. The van der Waals surface area contributed by atoms with Crippen LogP contribution in [-0.4, -0.2) is 35.4 Å². The lowest BCUT2D eigenvalue weighted by molar-refractivity contribution is -0.143. The lowest BCUT2D eigenvalue weighted by atomic mass is 10.1. The van der Waals surface area contributed by atoms with Crippen molar-refractivity contribution < 1.29 is 14.3 Å². The molecule has 1 aliphatic rings. The summed E-state index contributed by atoms with van der Waals surface area (Å²) < 4.78 is 5.85.